The molecule has 2 saturated heterocycles. The number of likely N-dealkylation sites (tertiary alicyclic amines) is 1. The quantitative estimate of drug-likeness (QED) is 0.866. The van der Waals surface area contributed by atoms with Crippen LogP contribution in [0.2, 0.25) is 0 Å². The molecule has 7 heteroatoms. The number of carbonyl (C=O) groups excluding carboxylic acids is 1. The highest BCUT2D eigenvalue weighted by molar-refractivity contribution is 7.20. The molecule has 2 aromatic rings. The van der Waals surface area contributed by atoms with Gasteiger partial charge in [0.05, 0.1) is 24.0 Å². The van der Waals surface area contributed by atoms with Crippen LogP contribution in [0.25, 0.3) is 4.96 Å². The zero-order valence-electron chi connectivity index (χ0n) is 13.7. The zero-order valence-corrected chi connectivity index (χ0v) is 14.6. The number of amides is 1. The van der Waals surface area contributed by atoms with Crippen molar-refractivity contribution in [2.45, 2.75) is 58.0 Å². The number of rotatable bonds is 3. The lowest BCUT2D eigenvalue weighted by Crippen LogP contribution is -2.48. The summed E-state index contributed by atoms with van der Waals surface area (Å²) < 4.78 is 1.88. The number of anilines is 1. The highest BCUT2D eigenvalue weighted by Gasteiger charge is 2.40. The van der Waals surface area contributed by atoms with Crippen LogP contribution in [-0.2, 0) is 4.79 Å². The van der Waals surface area contributed by atoms with Gasteiger partial charge in [-0.15, -0.1) is 5.10 Å². The Labute approximate surface area is 140 Å². The minimum absolute atomic E-state index is 0.295. The Hall–Kier alpha value is -1.63. The van der Waals surface area contributed by atoms with Gasteiger partial charge in [0.1, 0.15) is 0 Å². The van der Waals surface area contributed by atoms with Crippen LogP contribution in [0.3, 0.4) is 0 Å². The summed E-state index contributed by atoms with van der Waals surface area (Å²) in [7, 11) is 0. The van der Waals surface area contributed by atoms with Crippen LogP contribution < -0.4 is 4.90 Å². The maximum Gasteiger partial charge on any atom is 0.222 e. The van der Waals surface area contributed by atoms with Crippen molar-refractivity contribution in [2.24, 2.45) is 0 Å². The summed E-state index contributed by atoms with van der Waals surface area (Å²) in [4.78, 5) is 22.2. The molecule has 0 aromatic carbocycles. The molecule has 2 aliphatic rings. The van der Waals surface area contributed by atoms with Crippen LogP contribution >= 0.6 is 11.3 Å². The van der Waals surface area contributed by atoms with Gasteiger partial charge < -0.3 is 9.80 Å². The van der Waals surface area contributed by atoms with E-state index < -0.39 is 0 Å². The third-order valence-electron chi connectivity index (χ3n) is 5.06. The molecular formula is C16H23N5OS. The molecule has 2 fully saturated rings. The Balaban J connectivity index is 1.60. The fourth-order valence-electron chi connectivity index (χ4n) is 4.05. The van der Waals surface area contributed by atoms with Crippen molar-refractivity contribution < 1.29 is 4.79 Å². The number of nitrogens with zero attached hydrogens (tertiary/aromatic N) is 5. The molecule has 23 heavy (non-hydrogen) atoms. The maximum atomic E-state index is 12.2. The van der Waals surface area contributed by atoms with E-state index in [2.05, 4.69) is 14.8 Å². The lowest BCUT2D eigenvalue weighted by Gasteiger charge is -2.34. The third-order valence-corrected chi connectivity index (χ3v) is 6.02. The Morgan fingerprint density at radius 3 is 2.87 bits per heavy atom. The number of fused-ring (bicyclic) bond motifs is 1. The molecule has 2 aliphatic heterocycles. The lowest BCUT2D eigenvalue weighted by molar-refractivity contribution is -0.131. The topological polar surface area (TPSA) is 53.7 Å². The molecule has 124 valence electrons. The molecule has 2 atom stereocenters. The summed E-state index contributed by atoms with van der Waals surface area (Å²) in [6.07, 6.45) is 7.15. The number of imidazole rings is 1. The fourth-order valence-corrected chi connectivity index (χ4v) is 5.06. The minimum atomic E-state index is 0.295. The Bertz CT molecular complexity index is 692. The molecular weight excluding hydrogens is 310 g/mol. The van der Waals surface area contributed by atoms with Crippen molar-refractivity contribution in [1.82, 2.24) is 19.5 Å². The van der Waals surface area contributed by atoms with Crippen LogP contribution in [0.1, 0.15) is 44.7 Å². The van der Waals surface area contributed by atoms with Crippen LogP contribution in [0, 0.1) is 6.92 Å². The van der Waals surface area contributed by atoms with Gasteiger partial charge >= 0.3 is 0 Å². The fraction of sp³-hybridized carbons (Fsp3) is 0.688. The Kier molecular flexibility index (Phi) is 3.75. The van der Waals surface area contributed by atoms with E-state index >= 15 is 0 Å². The first-order valence-electron chi connectivity index (χ1n) is 8.56. The predicted molar refractivity (Wildman–Crippen MR) is 91.0 cm³/mol. The molecule has 0 aliphatic carbocycles. The largest absolute Gasteiger partial charge is 0.342 e. The number of hydrogen-bond donors (Lipinski definition) is 0. The number of hydrogen-bond acceptors (Lipinski definition) is 5. The van der Waals surface area contributed by atoms with E-state index in [1.54, 1.807) is 11.3 Å². The molecule has 1 amide bonds. The van der Waals surface area contributed by atoms with Gasteiger partial charge in [0.15, 0.2) is 0 Å². The van der Waals surface area contributed by atoms with E-state index in [0.717, 1.165) is 48.1 Å². The summed E-state index contributed by atoms with van der Waals surface area (Å²) in [5.74, 6) is 0.295. The summed E-state index contributed by atoms with van der Waals surface area (Å²) in [6, 6.07) is 0.757. The van der Waals surface area contributed by atoms with Crippen molar-refractivity contribution in [3.05, 3.63) is 11.9 Å². The standard InChI is InChI=1S/C16H23N5OS/c1-3-14(22)19-8-4-6-12(19)13-7-5-9-20(13)16-18-21-10-11(2)17-15(21)23-16/h10,12-13H,3-9H2,1-2H3. The van der Waals surface area contributed by atoms with Crippen molar-refractivity contribution in [3.8, 4) is 0 Å². The second-order valence-electron chi connectivity index (χ2n) is 6.55. The first-order chi connectivity index (χ1) is 11.2. The average Bonchev–Trinajstić information content (AvgIpc) is 3.26. The summed E-state index contributed by atoms with van der Waals surface area (Å²) in [5, 5.41) is 5.77. The molecule has 0 saturated carbocycles. The lowest BCUT2D eigenvalue weighted by atomic mass is 10.0. The number of carbonyl (C=O) groups is 1. The van der Waals surface area contributed by atoms with E-state index in [9.17, 15) is 4.79 Å². The van der Waals surface area contributed by atoms with Crippen LogP contribution in [-0.4, -0.2) is 50.6 Å². The predicted octanol–water partition coefficient (Wildman–Crippen LogP) is 2.47. The summed E-state index contributed by atoms with van der Waals surface area (Å²) >= 11 is 1.66. The van der Waals surface area contributed by atoms with Crippen molar-refractivity contribution in [1.29, 1.82) is 0 Å². The van der Waals surface area contributed by atoms with Crippen molar-refractivity contribution in [2.75, 3.05) is 18.0 Å². The molecule has 4 rings (SSSR count). The number of aryl methyl sites for hydroxylation is 1. The molecule has 6 nitrogen and oxygen atoms in total. The van der Waals surface area contributed by atoms with Crippen LogP contribution in [0.15, 0.2) is 6.20 Å². The van der Waals surface area contributed by atoms with Crippen LogP contribution in [0.4, 0.5) is 5.13 Å². The smallest absolute Gasteiger partial charge is 0.222 e. The molecule has 4 heterocycles. The van der Waals surface area contributed by atoms with Gasteiger partial charge in [0, 0.05) is 19.5 Å². The van der Waals surface area contributed by atoms with Crippen molar-refractivity contribution >= 4 is 27.3 Å². The zero-order chi connectivity index (χ0) is 16.0. The van der Waals surface area contributed by atoms with Gasteiger partial charge in [0.25, 0.3) is 0 Å². The molecule has 0 spiro atoms. The van der Waals surface area contributed by atoms with Gasteiger partial charge in [-0.25, -0.2) is 9.50 Å². The van der Waals surface area contributed by atoms with E-state index in [4.69, 9.17) is 5.10 Å². The summed E-state index contributed by atoms with van der Waals surface area (Å²) in [5.41, 5.74) is 1.00. The SMILES string of the molecule is CCC(=O)N1CCCC1C1CCCN1c1nn2cc(C)nc2s1. The molecule has 2 aromatic heterocycles. The Morgan fingerprint density at radius 2 is 2.09 bits per heavy atom. The second-order valence-corrected chi connectivity index (χ2v) is 7.48. The molecule has 0 radical (unpaired) electrons. The minimum Gasteiger partial charge on any atom is -0.342 e. The molecule has 0 bridgehead atoms. The van der Waals surface area contributed by atoms with Crippen molar-refractivity contribution in [3.63, 3.8) is 0 Å². The third kappa shape index (κ3) is 2.51. The molecule has 2 unspecified atom stereocenters. The maximum absolute atomic E-state index is 12.2. The monoisotopic (exact) mass is 333 g/mol. The number of aromatic nitrogens is 3. The van der Waals surface area contributed by atoms with Gasteiger partial charge in [-0.1, -0.05) is 18.3 Å². The van der Waals surface area contributed by atoms with E-state index in [0.29, 0.717) is 24.4 Å². The van der Waals surface area contributed by atoms with Gasteiger partial charge in [-0.05, 0) is 32.6 Å². The first-order valence-corrected chi connectivity index (χ1v) is 9.38. The van der Waals surface area contributed by atoms with E-state index in [1.807, 2.05) is 24.6 Å². The molecule has 0 N–H and O–H groups in total. The highest BCUT2D eigenvalue weighted by Crippen LogP contribution is 2.35. The normalized spacial score (nSPS) is 25.0. The van der Waals surface area contributed by atoms with E-state index in [1.165, 1.54) is 6.42 Å². The van der Waals surface area contributed by atoms with Gasteiger partial charge in [-0.3, -0.25) is 4.79 Å². The Morgan fingerprint density at radius 1 is 1.30 bits per heavy atom. The van der Waals surface area contributed by atoms with E-state index in [-0.39, 0.29) is 0 Å². The van der Waals surface area contributed by atoms with Crippen LogP contribution in [0.5, 0.6) is 0 Å². The average molecular weight is 333 g/mol. The van der Waals surface area contributed by atoms with Gasteiger partial charge in [-0.2, -0.15) is 0 Å². The first kappa shape index (κ1) is 14.9. The highest BCUT2D eigenvalue weighted by atomic mass is 32.1. The second kappa shape index (κ2) is 5.78. The van der Waals surface area contributed by atoms with Gasteiger partial charge in [0.2, 0.25) is 16.0 Å². The summed E-state index contributed by atoms with van der Waals surface area (Å²) in [6.45, 7) is 5.90.